The number of esters is 2. The minimum absolute atomic E-state index is 0.0882. The second-order valence-electron chi connectivity index (χ2n) is 30.7. The number of halogens is 6. The normalized spacial score (nSPS) is 15.5. The van der Waals surface area contributed by atoms with Crippen molar-refractivity contribution < 1.29 is 71.3 Å². The highest BCUT2D eigenvalue weighted by Crippen LogP contribution is 2.68. The summed E-state index contributed by atoms with van der Waals surface area (Å²) >= 11 is 4.95. The zero-order chi connectivity index (χ0) is 72.2. The van der Waals surface area contributed by atoms with Gasteiger partial charge in [-0.15, -0.1) is 45.3 Å². The second-order valence-corrected chi connectivity index (χ2v) is 59.6. The summed E-state index contributed by atoms with van der Waals surface area (Å²) in [6.07, 6.45) is 5.09. The van der Waals surface area contributed by atoms with Gasteiger partial charge in [-0.05, 0) is 198 Å². The van der Waals surface area contributed by atoms with Gasteiger partial charge in [-0.3, -0.25) is 9.59 Å². The Balaban J connectivity index is 1.16. The van der Waals surface area contributed by atoms with Gasteiger partial charge in [-0.25, -0.2) is 0 Å². The molecule has 7 rings (SSSR count). The van der Waals surface area contributed by atoms with E-state index in [1.165, 1.54) is 34.8 Å². The maximum atomic E-state index is 17.4. The number of ether oxygens (including phenoxy) is 4. The Kier molecular flexibility index (Phi) is 26.1. The molecule has 2 aromatic carbocycles. The van der Waals surface area contributed by atoms with E-state index < -0.39 is 90.4 Å². The number of alkyl halides is 6. The molecular weight excluding hydrogens is 1420 g/mol. The van der Waals surface area contributed by atoms with Gasteiger partial charge in [0.05, 0.1) is 38.5 Å². The van der Waals surface area contributed by atoms with Gasteiger partial charge in [-0.2, -0.15) is 26.3 Å². The fraction of sp³-hybridized carbons (Fsp3) is 0.549. The van der Waals surface area contributed by atoms with E-state index in [-0.39, 0.29) is 71.0 Å². The molecule has 1 aliphatic carbocycles. The zero-order valence-electron chi connectivity index (χ0n) is 60.5. The predicted molar refractivity (Wildman–Crippen MR) is 406 cm³/mol. The van der Waals surface area contributed by atoms with Gasteiger partial charge < -0.3 is 35.4 Å². The molecule has 0 bridgehead atoms. The number of allylic oxidation sites excluding steroid dienone is 2. The maximum Gasteiger partial charge on any atom is 0.380 e. The van der Waals surface area contributed by atoms with E-state index in [9.17, 15) is 9.59 Å². The third-order valence-electron chi connectivity index (χ3n) is 16.2. The monoisotopic (exact) mass is 1520 g/mol. The highest BCUT2D eigenvalue weighted by molar-refractivity contribution is 7.25. The topological polar surface area (TPSA) is 108 Å². The number of carbonyl (C=O) groups is 2. The molecule has 0 aliphatic heterocycles. The number of thiophene rings is 4. The SMILES string of the molecule is CCCC[Si](C)(C)O[Si](C)(C)O[Si](C)(C)CC(=O)OCCCOc1ccc(-c2sc(-c3ccc(C(C)(C)C)s3)cc2C2=C(c3cc(-c4ccc(C(C)(C)C)s4)sc3-c3ccc(OCCCOC(=O)C[Si](C)(C)O[Si](C)(C)O[Si](C)(C)CCCC)cc3)C(F)(F)C(F)(F)C2(F)F)cc1. The van der Waals surface area contributed by atoms with E-state index in [1.807, 2.05) is 118 Å². The van der Waals surface area contributed by atoms with Crippen molar-refractivity contribution in [2.45, 2.75) is 225 Å². The molecule has 0 amide bonds. The lowest BCUT2D eigenvalue weighted by Gasteiger charge is -2.38. The molecule has 10 nitrogen and oxygen atoms in total. The number of unbranched alkanes of at least 4 members (excludes halogenated alkanes) is 2. The lowest BCUT2D eigenvalue weighted by molar-refractivity contribution is -0.254. The number of carbonyl (C=O) groups excluding carboxylic acids is 2. The minimum Gasteiger partial charge on any atom is -0.493 e. The maximum absolute atomic E-state index is 17.4. The Morgan fingerprint density at radius 2 is 0.753 bits per heavy atom. The second kappa shape index (κ2) is 31.5. The lowest BCUT2D eigenvalue weighted by Crippen LogP contribution is -2.52. The quantitative estimate of drug-likeness (QED) is 0.0168. The standard InChI is InChI=1S/C71H102F6O10S4Si6/c1-21-23-43-92(9,10)84-96(17,18)86-94(13,14)47-61(78)82-41-25-39-80-51-31-27-49(28-32-51)65-53(45-57(90-65)55-35-37-59(88-55)67(3,4)5)63-64(70(74,75)71(76,77)69(63,72)73)54-46-58(56-36-38-60(89-56)68(6,7)8)91-66(54)50-29-33-52(34-30-50)81-40-26-42-83-62(79)48-95(15,16)87-97(19,20)85-93(11,12)44-24-22-2/h27-38,45-46H,21-26,39-44,47-48H2,1-20H3. The molecule has 26 heteroatoms. The van der Waals surface area contributed by atoms with Crippen LogP contribution in [0.2, 0.25) is 103 Å². The Morgan fingerprint density at radius 3 is 1.06 bits per heavy atom. The summed E-state index contributed by atoms with van der Waals surface area (Å²) < 4.78 is 153. The summed E-state index contributed by atoms with van der Waals surface area (Å²) in [5.41, 5.74) is -3.75. The zero-order valence-corrected chi connectivity index (χ0v) is 69.7. The van der Waals surface area contributed by atoms with Gasteiger partial charge in [0.25, 0.3) is 0 Å². The van der Waals surface area contributed by atoms with E-state index in [2.05, 4.69) is 40.0 Å². The van der Waals surface area contributed by atoms with Crippen LogP contribution in [0.25, 0.3) is 51.5 Å². The molecule has 97 heavy (non-hydrogen) atoms. The van der Waals surface area contributed by atoms with Gasteiger partial charge in [0, 0.05) is 74.1 Å². The minimum atomic E-state index is -5.86. The molecule has 6 aromatic rings. The van der Waals surface area contributed by atoms with Crippen LogP contribution in [0.4, 0.5) is 26.3 Å². The first-order valence-electron chi connectivity index (χ1n) is 33.7. The molecular formula is C71H102F6O10S4Si6. The Morgan fingerprint density at radius 1 is 0.423 bits per heavy atom. The molecule has 0 atom stereocenters. The van der Waals surface area contributed by atoms with Crippen molar-refractivity contribution in [1.82, 2.24) is 0 Å². The Hall–Kier alpha value is -3.76. The van der Waals surface area contributed by atoms with E-state index in [0.717, 1.165) is 70.2 Å². The van der Waals surface area contributed by atoms with Crippen LogP contribution < -0.4 is 9.47 Å². The first kappa shape index (κ1) is 80.6. The summed E-state index contributed by atoms with van der Waals surface area (Å²) in [5.74, 6) is -16.6. The highest BCUT2D eigenvalue weighted by Gasteiger charge is 2.80. The van der Waals surface area contributed by atoms with Crippen molar-refractivity contribution in [1.29, 1.82) is 0 Å². The van der Waals surface area contributed by atoms with Crippen molar-refractivity contribution in [3.63, 3.8) is 0 Å². The summed E-state index contributed by atoms with van der Waals surface area (Å²) in [7, 11) is -13.9. The summed E-state index contributed by atoms with van der Waals surface area (Å²) in [6, 6.07) is 25.5. The fourth-order valence-corrected chi connectivity index (χ4v) is 44.6. The third-order valence-corrected chi connectivity index (χ3v) is 44.1. The third kappa shape index (κ3) is 21.2. The number of benzene rings is 2. The van der Waals surface area contributed by atoms with Crippen LogP contribution in [-0.4, -0.2) is 107 Å². The first-order valence-corrected chi connectivity index (χ1v) is 55.0. The van der Waals surface area contributed by atoms with E-state index in [4.69, 9.17) is 35.4 Å². The van der Waals surface area contributed by atoms with Crippen molar-refractivity contribution in [3.05, 3.63) is 106 Å². The predicted octanol–water partition coefficient (Wildman–Crippen LogP) is 23.5. The molecule has 0 saturated carbocycles. The Bertz CT molecular complexity index is 3440. The molecule has 4 aromatic heterocycles. The number of hydrogen-bond donors (Lipinski definition) is 0. The van der Waals surface area contributed by atoms with Crippen LogP contribution in [0.1, 0.15) is 115 Å². The number of rotatable bonds is 34. The largest absolute Gasteiger partial charge is 0.493 e. The van der Waals surface area contributed by atoms with Gasteiger partial charge in [0.15, 0.2) is 33.3 Å². The number of hydrogen-bond acceptors (Lipinski definition) is 14. The molecule has 0 N–H and O–H groups in total. The van der Waals surface area contributed by atoms with Gasteiger partial charge in [0.2, 0.25) is 0 Å². The molecule has 1 aliphatic rings. The van der Waals surface area contributed by atoms with Crippen molar-refractivity contribution in [2.24, 2.45) is 0 Å². The van der Waals surface area contributed by atoms with Crippen LogP contribution in [-0.2, 0) is 46.4 Å². The summed E-state index contributed by atoms with van der Waals surface area (Å²) in [5, 5.41) is 0. The first-order chi connectivity index (χ1) is 44.7. The van der Waals surface area contributed by atoms with E-state index in [1.54, 1.807) is 48.5 Å². The summed E-state index contributed by atoms with van der Waals surface area (Å²) in [6.45, 7) is 42.0. The lowest BCUT2D eigenvalue weighted by atomic mass is 9.92. The molecule has 0 spiro atoms. The van der Waals surface area contributed by atoms with Crippen molar-refractivity contribution >= 4 is 119 Å². The van der Waals surface area contributed by atoms with Gasteiger partial charge in [-0.1, -0.05) is 81.1 Å². The van der Waals surface area contributed by atoms with Crippen LogP contribution in [0.15, 0.2) is 84.9 Å². The van der Waals surface area contributed by atoms with Gasteiger partial charge >= 0.3 is 46.8 Å². The van der Waals surface area contributed by atoms with Crippen LogP contribution >= 0.6 is 45.3 Å². The molecule has 0 saturated heterocycles. The molecule has 0 fully saturated rings. The van der Waals surface area contributed by atoms with Crippen LogP contribution in [0, 0.1) is 0 Å². The van der Waals surface area contributed by atoms with Crippen molar-refractivity contribution in [2.75, 3.05) is 26.4 Å². The molecule has 0 unspecified atom stereocenters. The smallest absolute Gasteiger partial charge is 0.380 e. The molecule has 4 heterocycles. The van der Waals surface area contributed by atoms with E-state index >= 15 is 26.3 Å². The van der Waals surface area contributed by atoms with Crippen LogP contribution in [0.3, 0.4) is 0 Å². The molecule has 536 valence electrons. The van der Waals surface area contributed by atoms with Gasteiger partial charge in [0.1, 0.15) is 11.5 Å². The van der Waals surface area contributed by atoms with E-state index in [0.29, 0.717) is 55.0 Å². The summed E-state index contributed by atoms with van der Waals surface area (Å²) in [4.78, 5) is 30.5. The highest BCUT2D eigenvalue weighted by atomic mass is 32.1. The molecule has 0 radical (unpaired) electrons. The Labute approximate surface area is 595 Å². The average molecular weight is 1530 g/mol. The van der Waals surface area contributed by atoms with Crippen LogP contribution in [0.5, 0.6) is 11.5 Å². The average Bonchev–Trinajstić information content (AvgIpc) is 1.52. The fourth-order valence-electron chi connectivity index (χ4n) is 12.2. The van der Waals surface area contributed by atoms with Crippen molar-refractivity contribution in [3.8, 4) is 51.9 Å².